The molecule has 154 valence electrons. The molecule has 0 fully saturated rings. The zero-order valence-corrected chi connectivity index (χ0v) is 16.9. The van der Waals surface area contributed by atoms with Gasteiger partial charge in [0.05, 0.1) is 0 Å². The lowest BCUT2D eigenvalue weighted by Gasteiger charge is -2.06. The molecule has 30 heavy (non-hydrogen) atoms. The van der Waals surface area contributed by atoms with E-state index in [1.165, 1.54) is 21.6 Å². The average molecular weight is 444 g/mol. The van der Waals surface area contributed by atoms with Gasteiger partial charge in [-0.05, 0) is 48.5 Å². The summed E-state index contributed by atoms with van der Waals surface area (Å²) < 4.78 is 0. The number of carbonyl (C=O) groups excluding carboxylic acids is 2. The standard InChI is InChI=1S/C20H16N2O6S2/c23-17(9-11-19(25)26)21-13-1-5-15(6-2-13)29-30-16-7-3-14(4-8-16)22-18(24)10-12-20(27)28/h1-12H,(H,21,23)(H,22,24)(H,25,26)(H,27,28)/b11-9-,12-10-. The monoisotopic (exact) mass is 444 g/mol. The molecule has 10 heteroatoms. The van der Waals surface area contributed by atoms with Gasteiger partial charge in [0.15, 0.2) is 0 Å². The summed E-state index contributed by atoms with van der Waals surface area (Å²) in [6.07, 6.45) is 3.41. The molecule has 0 atom stereocenters. The van der Waals surface area contributed by atoms with Crippen molar-refractivity contribution in [3.63, 3.8) is 0 Å². The molecule has 2 amide bonds. The molecule has 2 rings (SSSR count). The van der Waals surface area contributed by atoms with Gasteiger partial charge < -0.3 is 20.8 Å². The van der Waals surface area contributed by atoms with E-state index in [2.05, 4.69) is 10.6 Å². The molecule has 2 aromatic carbocycles. The quantitative estimate of drug-likeness (QED) is 0.340. The Morgan fingerprint density at radius 2 is 0.933 bits per heavy atom. The van der Waals surface area contributed by atoms with E-state index in [1.807, 2.05) is 24.3 Å². The minimum atomic E-state index is -1.20. The van der Waals surface area contributed by atoms with E-state index in [0.717, 1.165) is 34.1 Å². The number of benzene rings is 2. The zero-order valence-electron chi connectivity index (χ0n) is 15.3. The van der Waals surface area contributed by atoms with Crippen LogP contribution in [0.25, 0.3) is 0 Å². The Morgan fingerprint density at radius 3 is 1.23 bits per heavy atom. The van der Waals surface area contributed by atoms with Gasteiger partial charge in [-0.2, -0.15) is 0 Å². The van der Waals surface area contributed by atoms with Crippen molar-refractivity contribution in [3.8, 4) is 0 Å². The van der Waals surface area contributed by atoms with Crippen molar-refractivity contribution in [2.75, 3.05) is 10.6 Å². The lowest BCUT2D eigenvalue weighted by atomic mass is 10.3. The number of nitrogens with one attached hydrogen (secondary N) is 2. The first kappa shape index (κ1) is 22.8. The van der Waals surface area contributed by atoms with Gasteiger partial charge in [0, 0.05) is 45.5 Å². The van der Waals surface area contributed by atoms with Gasteiger partial charge in [0.1, 0.15) is 0 Å². The predicted molar refractivity (Wildman–Crippen MR) is 115 cm³/mol. The molecule has 0 aliphatic carbocycles. The molecule has 0 spiro atoms. The maximum absolute atomic E-state index is 11.5. The first-order valence-electron chi connectivity index (χ1n) is 8.30. The van der Waals surface area contributed by atoms with Gasteiger partial charge in [0.25, 0.3) is 0 Å². The van der Waals surface area contributed by atoms with Crippen LogP contribution in [0, 0.1) is 0 Å². The number of hydrogen-bond acceptors (Lipinski definition) is 6. The molecule has 8 nitrogen and oxygen atoms in total. The van der Waals surface area contributed by atoms with Crippen molar-refractivity contribution in [2.45, 2.75) is 9.79 Å². The van der Waals surface area contributed by atoms with Crippen molar-refractivity contribution in [1.29, 1.82) is 0 Å². The summed E-state index contributed by atoms with van der Waals surface area (Å²) in [4.78, 5) is 45.8. The Kier molecular flexibility index (Phi) is 8.73. The molecule has 0 bridgehead atoms. The van der Waals surface area contributed by atoms with E-state index in [1.54, 1.807) is 24.3 Å². The fourth-order valence-electron chi connectivity index (χ4n) is 1.95. The number of amides is 2. The van der Waals surface area contributed by atoms with Gasteiger partial charge in [0.2, 0.25) is 11.8 Å². The van der Waals surface area contributed by atoms with E-state index in [-0.39, 0.29) is 0 Å². The molecule has 0 saturated heterocycles. The molecule has 4 N–H and O–H groups in total. The van der Waals surface area contributed by atoms with Crippen LogP contribution in [-0.2, 0) is 19.2 Å². The molecule has 2 aromatic rings. The van der Waals surface area contributed by atoms with Crippen LogP contribution >= 0.6 is 21.6 Å². The van der Waals surface area contributed by atoms with Gasteiger partial charge in [-0.1, -0.05) is 21.6 Å². The third kappa shape index (κ3) is 8.67. The van der Waals surface area contributed by atoms with Crippen molar-refractivity contribution >= 4 is 56.7 Å². The molecule has 0 aliphatic rings. The Balaban J connectivity index is 1.84. The summed E-state index contributed by atoms with van der Waals surface area (Å²) in [5.41, 5.74) is 1.09. The first-order valence-corrected chi connectivity index (χ1v) is 10.5. The van der Waals surface area contributed by atoms with Crippen LogP contribution in [0.2, 0.25) is 0 Å². The molecule has 0 aliphatic heterocycles. The van der Waals surface area contributed by atoms with Crippen LogP contribution < -0.4 is 10.6 Å². The minimum Gasteiger partial charge on any atom is -0.478 e. The van der Waals surface area contributed by atoms with Gasteiger partial charge in [-0.3, -0.25) is 9.59 Å². The number of carbonyl (C=O) groups is 4. The topological polar surface area (TPSA) is 133 Å². The van der Waals surface area contributed by atoms with E-state index >= 15 is 0 Å². The van der Waals surface area contributed by atoms with E-state index < -0.39 is 23.8 Å². The smallest absolute Gasteiger partial charge is 0.328 e. The lowest BCUT2D eigenvalue weighted by molar-refractivity contribution is -0.132. The summed E-state index contributed by atoms with van der Waals surface area (Å²) in [7, 11) is 2.99. The maximum Gasteiger partial charge on any atom is 0.328 e. The fraction of sp³-hybridized carbons (Fsp3) is 0. The summed E-state index contributed by atoms with van der Waals surface area (Å²) in [5.74, 6) is -3.45. The van der Waals surface area contributed by atoms with Crippen LogP contribution in [0.1, 0.15) is 0 Å². The molecule has 0 heterocycles. The van der Waals surface area contributed by atoms with Crippen molar-refractivity contribution < 1.29 is 29.4 Å². The lowest BCUT2D eigenvalue weighted by Crippen LogP contribution is -2.08. The van der Waals surface area contributed by atoms with Crippen molar-refractivity contribution in [2.24, 2.45) is 0 Å². The van der Waals surface area contributed by atoms with E-state index in [9.17, 15) is 19.2 Å². The van der Waals surface area contributed by atoms with E-state index in [4.69, 9.17) is 10.2 Å². The summed E-state index contributed by atoms with van der Waals surface area (Å²) in [6, 6.07) is 14.1. The van der Waals surface area contributed by atoms with E-state index in [0.29, 0.717) is 11.4 Å². The van der Waals surface area contributed by atoms with Crippen molar-refractivity contribution in [3.05, 3.63) is 72.8 Å². The molecular formula is C20H16N2O6S2. The molecule has 0 radical (unpaired) electrons. The third-order valence-electron chi connectivity index (χ3n) is 3.23. The number of rotatable bonds is 9. The highest BCUT2D eigenvalue weighted by Gasteiger charge is 2.03. The second kappa shape index (κ2) is 11.5. The summed E-state index contributed by atoms with van der Waals surface area (Å²) in [5, 5.41) is 22.1. The largest absolute Gasteiger partial charge is 0.478 e. The highest BCUT2D eigenvalue weighted by Crippen LogP contribution is 2.38. The van der Waals surface area contributed by atoms with Gasteiger partial charge in [-0.15, -0.1) is 0 Å². The van der Waals surface area contributed by atoms with Crippen LogP contribution in [0.3, 0.4) is 0 Å². The zero-order chi connectivity index (χ0) is 21.9. The average Bonchev–Trinajstić information content (AvgIpc) is 2.71. The Labute approximate surface area is 179 Å². The van der Waals surface area contributed by atoms with Crippen molar-refractivity contribution in [1.82, 2.24) is 0 Å². The maximum atomic E-state index is 11.5. The van der Waals surface area contributed by atoms with Crippen LogP contribution in [0.5, 0.6) is 0 Å². The predicted octanol–water partition coefficient (Wildman–Crippen LogP) is 3.64. The molecule has 0 saturated carbocycles. The second-order valence-corrected chi connectivity index (χ2v) is 7.81. The third-order valence-corrected chi connectivity index (χ3v) is 5.65. The molecular weight excluding hydrogens is 428 g/mol. The number of carboxylic acid groups (broad SMARTS) is 2. The number of carboxylic acids is 2. The normalized spacial score (nSPS) is 10.8. The van der Waals surface area contributed by atoms with Crippen LogP contribution in [-0.4, -0.2) is 34.0 Å². The highest BCUT2D eigenvalue weighted by molar-refractivity contribution is 8.76. The minimum absolute atomic E-state index is 0.530. The SMILES string of the molecule is O=C(O)/C=C\C(=O)Nc1ccc(SSc2ccc(NC(=O)/C=C\C(=O)O)cc2)cc1. The fourth-order valence-corrected chi connectivity index (χ4v) is 3.88. The van der Waals surface area contributed by atoms with Gasteiger partial charge >= 0.3 is 11.9 Å². The Bertz CT molecular complexity index is 904. The summed E-state index contributed by atoms with van der Waals surface area (Å²) in [6.45, 7) is 0. The highest BCUT2D eigenvalue weighted by atomic mass is 33.1. The molecule has 0 unspecified atom stereocenters. The Morgan fingerprint density at radius 1 is 0.600 bits per heavy atom. The van der Waals surface area contributed by atoms with Crippen LogP contribution in [0.4, 0.5) is 11.4 Å². The number of hydrogen-bond donors (Lipinski definition) is 4. The molecule has 0 aromatic heterocycles. The number of aliphatic carboxylic acids is 2. The number of anilines is 2. The van der Waals surface area contributed by atoms with Crippen LogP contribution in [0.15, 0.2) is 82.6 Å². The Hall–Kier alpha value is -3.50. The van der Waals surface area contributed by atoms with Gasteiger partial charge in [-0.25, -0.2) is 9.59 Å². The first-order chi connectivity index (χ1) is 14.3. The summed E-state index contributed by atoms with van der Waals surface area (Å²) >= 11 is 0. The second-order valence-electron chi connectivity index (χ2n) is 5.54.